The second kappa shape index (κ2) is 4.35. The van der Waals surface area contributed by atoms with Crippen molar-refractivity contribution in [1.29, 1.82) is 0 Å². The summed E-state index contributed by atoms with van der Waals surface area (Å²) in [4.78, 5) is 0. The SMILES string of the molecule is Cc1cc[n+](C(C)C)cc1.[Cl-]. The zero-order valence-electron chi connectivity index (χ0n) is 7.21. The molecule has 11 heavy (non-hydrogen) atoms. The van der Waals surface area contributed by atoms with Gasteiger partial charge < -0.3 is 12.4 Å². The van der Waals surface area contributed by atoms with Crippen LogP contribution in [0.2, 0.25) is 0 Å². The number of nitrogens with zero attached hydrogens (tertiary/aromatic N) is 1. The highest BCUT2D eigenvalue weighted by Gasteiger charge is 2.02. The minimum absolute atomic E-state index is 0. The van der Waals surface area contributed by atoms with Gasteiger partial charge in [-0.05, 0) is 26.3 Å². The number of rotatable bonds is 1. The van der Waals surface area contributed by atoms with Crippen molar-refractivity contribution in [3.05, 3.63) is 30.1 Å². The lowest BCUT2D eigenvalue weighted by Gasteiger charge is -1.98. The lowest BCUT2D eigenvalue weighted by molar-refractivity contribution is -0.716. The Kier molecular flexibility index (Phi) is 4.12. The summed E-state index contributed by atoms with van der Waals surface area (Å²) >= 11 is 0. The van der Waals surface area contributed by atoms with Crippen LogP contribution in [0.5, 0.6) is 0 Å². The molecule has 2 heteroatoms. The van der Waals surface area contributed by atoms with Crippen LogP contribution in [-0.4, -0.2) is 0 Å². The zero-order chi connectivity index (χ0) is 7.56. The molecule has 0 fully saturated rings. The molecule has 0 aliphatic heterocycles. The predicted molar refractivity (Wildman–Crippen MR) is 41.8 cm³/mol. The molecule has 1 nitrogen and oxygen atoms in total. The van der Waals surface area contributed by atoms with Gasteiger partial charge in [0.05, 0.1) is 0 Å². The predicted octanol–water partition coefficient (Wildman–Crippen LogP) is -1.13. The van der Waals surface area contributed by atoms with Gasteiger partial charge in [-0.1, -0.05) is 0 Å². The van der Waals surface area contributed by atoms with Gasteiger partial charge in [-0.2, -0.15) is 0 Å². The standard InChI is InChI=1S/C9H14N.ClH/c1-8(2)10-6-4-9(3)5-7-10;/h4-8H,1-3H3;1H/q+1;/p-1. The van der Waals surface area contributed by atoms with Crippen molar-refractivity contribution in [1.82, 2.24) is 0 Å². The van der Waals surface area contributed by atoms with E-state index < -0.39 is 0 Å². The van der Waals surface area contributed by atoms with Crippen LogP contribution in [0.15, 0.2) is 24.5 Å². The number of aromatic nitrogens is 1. The third-order valence-corrected chi connectivity index (χ3v) is 1.62. The molecule has 0 saturated carbocycles. The normalized spacial score (nSPS) is 9.45. The molecular weight excluding hydrogens is 158 g/mol. The summed E-state index contributed by atoms with van der Waals surface area (Å²) in [5.41, 5.74) is 1.32. The lowest BCUT2D eigenvalue weighted by Crippen LogP contribution is -3.00. The molecule has 0 aromatic carbocycles. The van der Waals surface area contributed by atoms with E-state index >= 15 is 0 Å². The second-order valence-corrected chi connectivity index (χ2v) is 2.92. The Labute approximate surface area is 74.5 Å². The highest BCUT2D eigenvalue weighted by molar-refractivity contribution is 5.03. The summed E-state index contributed by atoms with van der Waals surface area (Å²) in [6.45, 7) is 6.45. The molecule has 0 amide bonds. The molecule has 0 bridgehead atoms. The average molecular weight is 172 g/mol. The Morgan fingerprint density at radius 2 is 1.64 bits per heavy atom. The molecule has 0 atom stereocenters. The van der Waals surface area contributed by atoms with E-state index in [0.29, 0.717) is 6.04 Å². The zero-order valence-corrected chi connectivity index (χ0v) is 7.97. The van der Waals surface area contributed by atoms with Crippen LogP contribution in [0.25, 0.3) is 0 Å². The van der Waals surface area contributed by atoms with Crippen LogP contribution in [0.1, 0.15) is 25.5 Å². The summed E-state index contributed by atoms with van der Waals surface area (Å²) < 4.78 is 2.19. The fourth-order valence-electron chi connectivity index (χ4n) is 0.857. The molecule has 0 aliphatic rings. The van der Waals surface area contributed by atoms with Gasteiger partial charge in [0.15, 0.2) is 18.4 Å². The van der Waals surface area contributed by atoms with Crippen molar-refractivity contribution < 1.29 is 17.0 Å². The molecule has 0 radical (unpaired) electrons. The van der Waals surface area contributed by atoms with Crippen LogP contribution < -0.4 is 17.0 Å². The smallest absolute Gasteiger partial charge is 0.169 e. The molecular formula is C9H14ClN. The van der Waals surface area contributed by atoms with Crippen molar-refractivity contribution in [3.8, 4) is 0 Å². The van der Waals surface area contributed by atoms with E-state index in [1.54, 1.807) is 0 Å². The Morgan fingerprint density at radius 3 is 2.00 bits per heavy atom. The average Bonchev–Trinajstić information content (AvgIpc) is 1.88. The van der Waals surface area contributed by atoms with E-state index in [1.165, 1.54) is 5.56 Å². The van der Waals surface area contributed by atoms with Crippen molar-refractivity contribution in [2.75, 3.05) is 0 Å². The maximum atomic E-state index is 2.19. The van der Waals surface area contributed by atoms with Crippen molar-refractivity contribution >= 4 is 0 Å². The minimum atomic E-state index is 0. The van der Waals surface area contributed by atoms with Crippen molar-refractivity contribution in [2.45, 2.75) is 26.8 Å². The van der Waals surface area contributed by atoms with Gasteiger partial charge in [0.1, 0.15) is 0 Å². The first-order chi connectivity index (χ1) is 4.70. The third-order valence-electron chi connectivity index (χ3n) is 1.62. The fourth-order valence-corrected chi connectivity index (χ4v) is 0.857. The number of pyridine rings is 1. The first-order valence-electron chi connectivity index (χ1n) is 3.67. The first kappa shape index (κ1) is 10.4. The van der Waals surface area contributed by atoms with E-state index in [0.717, 1.165) is 0 Å². The van der Waals surface area contributed by atoms with Crippen molar-refractivity contribution in [3.63, 3.8) is 0 Å². The van der Waals surface area contributed by atoms with Crippen LogP contribution in [0, 0.1) is 6.92 Å². The van der Waals surface area contributed by atoms with E-state index in [4.69, 9.17) is 0 Å². The molecule has 1 aromatic heterocycles. The van der Waals surface area contributed by atoms with Gasteiger partial charge in [0, 0.05) is 12.1 Å². The van der Waals surface area contributed by atoms with E-state index in [-0.39, 0.29) is 12.4 Å². The Balaban J connectivity index is 0.000001000. The van der Waals surface area contributed by atoms with E-state index in [1.807, 2.05) is 0 Å². The van der Waals surface area contributed by atoms with Gasteiger partial charge in [0.25, 0.3) is 0 Å². The summed E-state index contributed by atoms with van der Waals surface area (Å²) in [6.07, 6.45) is 4.22. The molecule has 0 saturated heterocycles. The molecule has 0 N–H and O–H groups in total. The number of halogens is 1. The van der Waals surface area contributed by atoms with Crippen LogP contribution in [0.4, 0.5) is 0 Å². The monoisotopic (exact) mass is 171 g/mol. The molecule has 1 aromatic rings. The summed E-state index contributed by atoms with van der Waals surface area (Å²) in [5.74, 6) is 0. The maximum Gasteiger partial charge on any atom is 0.169 e. The third kappa shape index (κ3) is 2.89. The van der Waals surface area contributed by atoms with Crippen molar-refractivity contribution in [2.24, 2.45) is 0 Å². The van der Waals surface area contributed by atoms with Gasteiger partial charge in [-0.15, -0.1) is 0 Å². The Bertz CT molecular complexity index is 203. The summed E-state index contributed by atoms with van der Waals surface area (Å²) in [5, 5.41) is 0. The Morgan fingerprint density at radius 1 is 1.18 bits per heavy atom. The highest BCUT2D eigenvalue weighted by Crippen LogP contribution is 1.94. The number of aryl methyl sites for hydroxylation is 1. The minimum Gasteiger partial charge on any atom is -1.00 e. The quantitative estimate of drug-likeness (QED) is 0.471. The summed E-state index contributed by atoms with van der Waals surface area (Å²) in [7, 11) is 0. The van der Waals surface area contributed by atoms with Gasteiger partial charge in [-0.3, -0.25) is 0 Å². The van der Waals surface area contributed by atoms with Gasteiger partial charge in [-0.25, -0.2) is 4.57 Å². The largest absolute Gasteiger partial charge is 1.00 e. The lowest BCUT2D eigenvalue weighted by atomic mass is 10.3. The Hall–Kier alpha value is -0.560. The highest BCUT2D eigenvalue weighted by atomic mass is 35.5. The first-order valence-corrected chi connectivity index (χ1v) is 3.67. The topological polar surface area (TPSA) is 3.88 Å². The molecule has 0 aliphatic carbocycles. The molecule has 0 unspecified atom stereocenters. The molecule has 0 spiro atoms. The second-order valence-electron chi connectivity index (χ2n) is 2.92. The van der Waals surface area contributed by atoms with E-state index in [2.05, 4.69) is 49.9 Å². The van der Waals surface area contributed by atoms with Crippen LogP contribution in [-0.2, 0) is 0 Å². The fraction of sp³-hybridized carbons (Fsp3) is 0.444. The van der Waals surface area contributed by atoms with Crippen LogP contribution in [0.3, 0.4) is 0 Å². The van der Waals surface area contributed by atoms with Crippen LogP contribution >= 0.6 is 0 Å². The maximum absolute atomic E-state index is 2.19. The van der Waals surface area contributed by atoms with E-state index in [9.17, 15) is 0 Å². The van der Waals surface area contributed by atoms with Gasteiger partial charge in [0.2, 0.25) is 0 Å². The van der Waals surface area contributed by atoms with Gasteiger partial charge >= 0.3 is 0 Å². The number of hydrogen-bond donors (Lipinski definition) is 0. The molecule has 1 heterocycles. The summed E-state index contributed by atoms with van der Waals surface area (Å²) in [6, 6.07) is 4.82. The number of hydrogen-bond acceptors (Lipinski definition) is 0. The molecule has 62 valence electrons. The molecule has 1 rings (SSSR count).